The third-order valence-corrected chi connectivity index (χ3v) is 5.08. The Labute approximate surface area is 164 Å². The Hall–Kier alpha value is -3.26. The monoisotopic (exact) mass is 396 g/mol. The first-order valence-corrected chi connectivity index (χ1v) is 10.4. The number of anilines is 2. The van der Waals surface area contributed by atoms with Crippen LogP contribution in [0, 0.1) is 0 Å². The van der Waals surface area contributed by atoms with Crippen LogP contribution in [0.25, 0.3) is 11.3 Å². The highest BCUT2D eigenvalue weighted by molar-refractivity contribution is 7.90. The quantitative estimate of drug-likeness (QED) is 0.713. The number of nitrogens with zero attached hydrogens (tertiary/aromatic N) is 3. The number of aromatic nitrogens is 2. The Morgan fingerprint density at radius 3 is 2.04 bits per heavy atom. The van der Waals surface area contributed by atoms with Crippen LogP contribution in [0.1, 0.15) is 10.4 Å². The van der Waals surface area contributed by atoms with Crippen molar-refractivity contribution >= 4 is 27.1 Å². The van der Waals surface area contributed by atoms with Crippen molar-refractivity contribution in [2.75, 3.05) is 30.6 Å². The maximum Gasteiger partial charge on any atom is 0.255 e. The molecule has 144 valence electrons. The lowest BCUT2D eigenvalue weighted by molar-refractivity contribution is 0.102. The number of carbonyl (C=O) groups excluding carboxylic acids is 1. The molecule has 3 rings (SSSR count). The molecule has 1 aromatic heterocycles. The molecule has 0 unspecified atom stereocenters. The lowest BCUT2D eigenvalue weighted by atomic mass is 10.1. The third kappa shape index (κ3) is 4.52. The fourth-order valence-corrected chi connectivity index (χ4v) is 3.01. The molecule has 3 aromatic rings. The van der Waals surface area contributed by atoms with Gasteiger partial charge in [-0.05, 0) is 48.5 Å². The minimum atomic E-state index is -3.38. The number of sulfone groups is 1. The second kappa shape index (κ2) is 7.77. The summed E-state index contributed by atoms with van der Waals surface area (Å²) < 4.78 is 22.9. The summed E-state index contributed by atoms with van der Waals surface area (Å²) in [5.74, 6) is -0.199. The van der Waals surface area contributed by atoms with Gasteiger partial charge in [0.25, 0.3) is 5.91 Å². The summed E-state index contributed by atoms with van der Waals surface area (Å²) in [5, 5.41) is 10.5. The van der Waals surface area contributed by atoms with E-state index in [0.29, 0.717) is 16.9 Å². The van der Waals surface area contributed by atoms with Crippen LogP contribution in [0.2, 0.25) is 0 Å². The van der Waals surface area contributed by atoms with E-state index in [9.17, 15) is 13.2 Å². The minimum absolute atomic E-state index is 0.0691. The number of benzene rings is 2. The van der Waals surface area contributed by atoms with Gasteiger partial charge in [-0.25, -0.2) is 8.42 Å². The Balaban J connectivity index is 1.71. The number of amides is 1. The molecule has 2 aromatic carbocycles. The lowest BCUT2D eigenvalue weighted by Crippen LogP contribution is -2.13. The number of hydrogen-bond donors (Lipinski definition) is 1. The zero-order valence-electron chi connectivity index (χ0n) is 15.7. The molecule has 0 radical (unpaired) electrons. The van der Waals surface area contributed by atoms with Crippen molar-refractivity contribution < 1.29 is 13.2 Å². The Kier molecular flexibility index (Phi) is 5.41. The van der Waals surface area contributed by atoms with E-state index in [4.69, 9.17) is 0 Å². The summed E-state index contributed by atoms with van der Waals surface area (Å²) >= 11 is 0. The molecule has 0 aliphatic rings. The van der Waals surface area contributed by atoms with Gasteiger partial charge in [0.05, 0.1) is 5.69 Å². The van der Waals surface area contributed by atoms with Crippen LogP contribution in [0.4, 0.5) is 11.4 Å². The fraction of sp³-hybridized carbons (Fsp3) is 0.150. The molecule has 1 heterocycles. The lowest BCUT2D eigenvalue weighted by Gasteiger charge is -2.12. The zero-order valence-corrected chi connectivity index (χ0v) is 16.6. The van der Waals surface area contributed by atoms with E-state index in [-0.39, 0.29) is 10.9 Å². The minimum Gasteiger partial charge on any atom is -0.378 e. The fourth-order valence-electron chi connectivity index (χ4n) is 2.51. The van der Waals surface area contributed by atoms with Crippen LogP contribution in [-0.2, 0) is 9.84 Å². The predicted molar refractivity (Wildman–Crippen MR) is 109 cm³/mol. The highest BCUT2D eigenvalue weighted by Gasteiger charge is 2.11. The van der Waals surface area contributed by atoms with Gasteiger partial charge in [-0.2, -0.15) is 0 Å². The molecule has 0 aliphatic heterocycles. The van der Waals surface area contributed by atoms with Gasteiger partial charge in [0.15, 0.2) is 14.9 Å². The van der Waals surface area contributed by atoms with Gasteiger partial charge in [-0.15, -0.1) is 10.2 Å². The number of hydrogen-bond acceptors (Lipinski definition) is 6. The number of rotatable bonds is 5. The molecule has 0 saturated heterocycles. The summed E-state index contributed by atoms with van der Waals surface area (Å²) in [6, 6.07) is 17.4. The van der Waals surface area contributed by atoms with E-state index >= 15 is 0 Å². The maximum absolute atomic E-state index is 12.4. The molecule has 8 heteroatoms. The Morgan fingerprint density at radius 2 is 1.54 bits per heavy atom. The molecule has 1 N–H and O–H groups in total. The first-order valence-electron chi connectivity index (χ1n) is 8.47. The molecule has 0 spiro atoms. The highest BCUT2D eigenvalue weighted by atomic mass is 32.2. The summed E-state index contributed by atoms with van der Waals surface area (Å²) in [6.07, 6.45) is 1.09. The van der Waals surface area contributed by atoms with Gasteiger partial charge in [-0.3, -0.25) is 4.79 Å². The van der Waals surface area contributed by atoms with Gasteiger partial charge in [0.2, 0.25) is 0 Å². The number of carbonyl (C=O) groups is 1. The smallest absolute Gasteiger partial charge is 0.255 e. The molecule has 7 nitrogen and oxygen atoms in total. The molecular formula is C20H20N4O3S. The van der Waals surface area contributed by atoms with Gasteiger partial charge in [0, 0.05) is 42.9 Å². The molecule has 0 atom stereocenters. The second-order valence-corrected chi connectivity index (χ2v) is 8.46. The maximum atomic E-state index is 12.4. The van der Waals surface area contributed by atoms with Crippen LogP contribution >= 0.6 is 0 Å². The first-order chi connectivity index (χ1) is 13.2. The molecule has 0 saturated carbocycles. The van der Waals surface area contributed by atoms with E-state index in [1.165, 1.54) is 6.07 Å². The Morgan fingerprint density at radius 1 is 0.893 bits per heavy atom. The highest BCUT2D eigenvalue weighted by Crippen LogP contribution is 2.20. The molecule has 0 aliphatic carbocycles. The van der Waals surface area contributed by atoms with Crippen LogP contribution in [0.15, 0.2) is 65.7 Å². The SMILES string of the molecule is CN(C)c1ccc(C(=O)Nc2ccc(-c3ccc(S(C)(=O)=O)nn3)cc2)cc1. The van der Waals surface area contributed by atoms with E-state index in [2.05, 4.69) is 15.5 Å². The second-order valence-electron chi connectivity index (χ2n) is 6.50. The topological polar surface area (TPSA) is 92.3 Å². The van der Waals surface area contributed by atoms with Crippen molar-refractivity contribution in [1.82, 2.24) is 10.2 Å². The van der Waals surface area contributed by atoms with Crippen LogP contribution in [0.5, 0.6) is 0 Å². The van der Waals surface area contributed by atoms with Crippen molar-refractivity contribution in [3.05, 3.63) is 66.2 Å². The molecule has 0 bridgehead atoms. The molecule has 28 heavy (non-hydrogen) atoms. The van der Waals surface area contributed by atoms with Crippen molar-refractivity contribution in [1.29, 1.82) is 0 Å². The molecular weight excluding hydrogens is 376 g/mol. The number of nitrogens with one attached hydrogen (secondary N) is 1. The van der Waals surface area contributed by atoms with Gasteiger partial charge in [-0.1, -0.05) is 12.1 Å². The van der Waals surface area contributed by atoms with E-state index in [0.717, 1.165) is 17.5 Å². The van der Waals surface area contributed by atoms with Crippen molar-refractivity contribution in [3.8, 4) is 11.3 Å². The van der Waals surface area contributed by atoms with Gasteiger partial charge >= 0.3 is 0 Å². The van der Waals surface area contributed by atoms with Crippen LogP contribution in [-0.4, -0.2) is 44.9 Å². The molecule has 0 fully saturated rings. The van der Waals surface area contributed by atoms with Crippen molar-refractivity contribution in [3.63, 3.8) is 0 Å². The average Bonchev–Trinajstić information content (AvgIpc) is 2.68. The normalized spacial score (nSPS) is 11.1. The zero-order chi connectivity index (χ0) is 20.3. The first kappa shape index (κ1) is 19.5. The molecule has 1 amide bonds. The summed E-state index contributed by atoms with van der Waals surface area (Å²) in [6.45, 7) is 0. The summed E-state index contributed by atoms with van der Waals surface area (Å²) in [4.78, 5) is 14.3. The standard InChI is InChI=1S/C20H20N4O3S/c1-24(2)17-10-6-15(7-11-17)20(25)21-16-8-4-14(5-9-16)18-12-13-19(23-22-18)28(3,26)27/h4-13H,1-3H3,(H,21,25). The van der Waals surface area contributed by atoms with Crippen LogP contribution < -0.4 is 10.2 Å². The third-order valence-electron chi connectivity index (χ3n) is 4.10. The van der Waals surface area contributed by atoms with E-state index in [1.807, 2.05) is 31.1 Å². The van der Waals surface area contributed by atoms with Gasteiger partial charge in [0.1, 0.15) is 0 Å². The van der Waals surface area contributed by atoms with Crippen molar-refractivity contribution in [2.45, 2.75) is 5.03 Å². The van der Waals surface area contributed by atoms with E-state index < -0.39 is 9.84 Å². The summed E-state index contributed by atoms with van der Waals surface area (Å²) in [7, 11) is 0.501. The largest absolute Gasteiger partial charge is 0.378 e. The average molecular weight is 396 g/mol. The predicted octanol–water partition coefficient (Wildman–Crippen LogP) is 2.87. The van der Waals surface area contributed by atoms with Gasteiger partial charge < -0.3 is 10.2 Å². The van der Waals surface area contributed by atoms with Crippen molar-refractivity contribution in [2.24, 2.45) is 0 Å². The van der Waals surface area contributed by atoms with Crippen LogP contribution in [0.3, 0.4) is 0 Å². The summed E-state index contributed by atoms with van der Waals surface area (Å²) in [5.41, 5.74) is 3.54. The van der Waals surface area contributed by atoms with E-state index in [1.54, 1.807) is 42.5 Å². The Bertz CT molecular complexity index is 1080.